The second-order valence-corrected chi connectivity index (χ2v) is 11.1. The molecule has 0 saturated carbocycles. The Labute approximate surface area is 241 Å². The number of ether oxygens (including phenoxy) is 3. The van der Waals surface area contributed by atoms with Crippen molar-refractivity contribution in [3.05, 3.63) is 66.0 Å². The molecule has 4 aromatic rings. The van der Waals surface area contributed by atoms with E-state index >= 15 is 0 Å². The summed E-state index contributed by atoms with van der Waals surface area (Å²) in [4.78, 5) is 13.5. The molecule has 2 bridgehead atoms. The van der Waals surface area contributed by atoms with Crippen molar-refractivity contribution in [3.8, 4) is 34.9 Å². The zero-order valence-corrected chi connectivity index (χ0v) is 22.9. The summed E-state index contributed by atoms with van der Waals surface area (Å²) < 4.78 is 31.9. The lowest BCUT2D eigenvalue weighted by Gasteiger charge is -2.56. The third kappa shape index (κ3) is 4.45. The maximum Gasteiger partial charge on any atom is 0.250 e. The molecule has 12 heteroatoms. The maximum atomic E-state index is 14.1. The van der Waals surface area contributed by atoms with Crippen molar-refractivity contribution in [1.29, 1.82) is 10.5 Å². The summed E-state index contributed by atoms with van der Waals surface area (Å²) in [7, 11) is 1.41. The van der Waals surface area contributed by atoms with Crippen LogP contribution in [-0.2, 0) is 11.3 Å². The van der Waals surface area contributed by atoms with Crippen LogP contribution in [0.25, 0.3) is 16.6 Å². The van der Waals surface area contributed by atoms with E-state index in [1.54, 1.807) is 16.9 Å². The van der Waals surface area contributed by atoms with Crippen LogP contribution in [0.2, 0.25) is 0 Å². The van der Waals surface area contributed by atoms with Gasteiger partial charge in [0.1, 0.15) is 29.7 Å². The lowest BCUT2D eigenvalue weighted by molar-refractivity contribution is -0.0963. The number of halogens is 1. The largest absolute Gasteiger partial charge is 0.490 e. The van der Waals surface area contributed by atoms with Crippen LogP contribution in [0.15, 0.2) is 49.1 Å². The molecule has 0 amide bonds. The Bertz CT molecular complexity index is 1730. The van der Waals surface area contributed by atoms with E-state index in [9.17, 15) is 14.9 Å². The van der Waals surface area contributed by atoms with Crippen molar-refractivity contribution in [2.75, 3.05) is 44.9 Å². The second-order valence-electron chi connectivity index (χ2n) is 11.1. The summed E-state index contributed by atoms with van der Waals surface area (Å²) in [5.74, 6) is 0.983. The molecule has 4 saturated heterocycles. The van der Waals surface area contributed by atoms with E-state index in [1.807, 2.05) is 24.4 Å². The van der Waals surface area contributed by atoms with Crippen LogP contribution >= 0.6 is 0 Å². The minimum absolute atomic E-state index is 0.0106. The Hall–Kier alpha value is -4.78. The number of methoxy groups -OCH3 is 1. The predicted octanol–water partition coefficient (Wildman–Crippen LogP) is 3.19. The molecule has 0 aliphatic carbocycles. The first-order valence-electron chi connectivity index (χ1n) is 13.7. The van der Waals surface area contributed by atoms with Gasteiger partial charge in [0.25, 0.3) is 0 Å². The van der Waals surface area contributed by atoms with E-state index in [0.717, 1.165) is 42.0 Å². The zero-order valence-electron chi connectivity index (χ0n) is 22.9. The highest BCUT2D eigenvalue weighted by atomic mass is 19.1. The molecule has 2 atom stereocenters. The molecule has 0 aromatic carbocycles. The zero-order chi connectivity index (χ0) is 28.8. The summed E-state index contributed by atoms with van der Waals surface area (Å²) in [5.41, 5.74) is 2.89. The number of rotatable bonds is 8. The minimum atomic E-state index is -0.646. The summed E-state index contributed by atoms with van der Waals surface area (Å²) in [5, 5.41) is 23.6. The summed E-state index contributed by atoms with van der Waals surface area (Å²) >= 11 is 0. The van der Waals surface area contributed by atoms with E-state index in [0.29, 0.717) is 48.7 Å². The molecule has 8 rings (SSSR count). The number of hydrogen-bond donors (Lipinski definition) is 0. The van der Waals surface area contributed by atoms with Crippen LogP contribution in [0.1, 0.15) is 17.5 Å². The van der Waals surface area contributed by atoms with Gasteiger partial charge in [0, 0.05) is 55.2 Å². The molecule has 2 unspecified atom stereocenters. The van der Waals surface area contributed by atoms with Gasteiger partial charge in [-0.05, 0) is 36.2 Å². The molecule has 0 N–H and O–H groups in total. The maximum absolute atomic E-state index is 14.1. The Morgan fingerprint density at radius 1 is 1.12 bits per heavy atom. The Kier molecular flexibility index (Phi) is 6.38. The fourth-order valence-electron chi connectivity index (χ4n) is 6.01. The lowest BCUT2D eigenvalue weighted by atomic mass is 9.87. The van der Waals surface area contributed by atoms with Gasteiger partial charge in [-0.15, -0.1) is 0 Å². The fraction of sp³-hybridized carbons (Fsp3) is 0.367. The van der Waals surface area contributed by atoms with Gasteiger partial charge in [-0.1, -0.05) is 0 Å². The highest BCUT2D eigenvalue weighted by Gasteiger charge is 2.45. The molecule has 212 valence electrons. The summed E-state index contributed by atoms with van der Waals surface area (Å²) in [6.45, 7) is 3.19. The van der Waals surface area contributed by atoms with Crippen LogP contribution in [0.5, 0.6) is 11.6 Å². The molecule has 11 nitrogen and oxygen atoms in total. The first-order valence-corrected chi connectivity index (χ1v) is 13.7. The molecule has 8 heterocycles. The SMILES string of the molecule is COc1ncc(CN2C3CC2CN(c2ccc(-c4cc(OCC5(C#N)COC5)cn5ncc(C#N)c45)cn2)C3)cc1F. The first kappa shape index (κ1) is 26.1. The number of anilines is 1. The van der Waals surface area contributed by atoms with Gasteiger partial charge < -0.3 is 19.1 Å². The molecule has 0 spiro atoms. The molecule has 4 fully saturated rings. The van der Waals surface area contributed by atoms with E-state index in [2.05, 4.69) is 32.0 Å². The van der Waals surface area contributed by atoms with Crippen molar-refractivity contribution >= 4 is 11.3 Å². The first-order chi connectivity index (χ1) is 20.5. The monoisotopic (exact) mass is 566 g/mol. The molecular weight excluding hydrogens is 539 g/mol. The number of piperazine rings is 1. The number of fused-ring (bicyclic) bond motifs is 3. The molecular formula is C30H27FN8O3. The Balaban J connectivity index is 1.08. The van der Waals surface area contributed by atoms with Crippen molar-refractivity contribution in [1.82, 2.24) is 24.5 Å². The minimum Gasteiger partial charge on any atom is -0.490 e. The highest BCUT2D eigenvalue weighted by molar-refractivity contribution is 5.85. The van der Waals surface area contributed by atoms with Gasteiger partial charge in [-0.2, -0.15) is 15.6 Å². The van der Waals surface area contributed by atoms with Crippen molar-refractivity contribution in [2.24, 2.45) is 5.41 Å². The number of piperidine rings is 1. The van der Waals surface area contributed by atoms with Crippen LogP contribution < -0.4 is 14.4 Å². The third-order valence-corrected chi connectivity index (χ3v) is 8.37. The van der Waals surface area contributed by atoms with Gasteiger partial charge in [0.05, 0.1) is 49.9 Å². The average Bonchev–Trinajstić information content (AvgIpc) is 3.42. The van der Waals surface area contributed by atoms with Crippen molar-refractivity contribution in [2.45, 2.75) is 25.0 Å². The van der Waals surface area contributed by atoms with Gasteiger partial charge in [0.15, 0.2) is 5.82 Å². The van der Waals surface area contributed by atoms with Crippen LogP contribution in [0.4, 0.5) is 10.2 Å². The lowest BCUT2D eigenvalue weighted by Crippen LogP contribution is -2.68. The molecule has 0 radical (unpaired) electrons. The van der Waals surface area contributed by atoms with Gasteiger partial charge in [0.2, 0.25) is 5.88 Å². The number of nitrogens with zero attached hydrogens (tertiary/aromatic N) is 8. The van der Waals surface area contributed by atoms with E-state index in [1.165, 1.54) is 19.4 Å². The highest BCUT2D eigenvalue weighted by Crippen LogP contribution is 2.37. The number of aromatic nitrogens is 4. The number of nitriles is 2. The molecule has 4 aromatic heterocycles. The number of pyridine rings is 3. The topological polar surface area (TPSA) is 125 Å². The van der Waals surface area contributed by atoms with Crippen LogP contribution in [-0.4, -0.2) is 76.6 Å². The van der Waals surface area contributed by atoms with Gasteiger partial charge in [-0.3, -0.25) is 4.90 Å². The standard InChI is InChI=1S/C30H27FN8O3/c1-40-29-26(31)4-19(8-35-29)11-38-22-5-23(38)13-37(12-22)27-3-2-20(9-34-27)25-6-24(42-18-30(15-33)16-41-17-30)14-39-28(25)21(7-32)10-36-39/h2-4,6,8-10,14,22-23H,5,11-13,16-18H2,1H3. The molecule has 4 aliphatic rings. The Morgan fingerprint density at radius 2 is 1.95 bits per heavy atom. The average molecular weight is 567 g/mol. The van der Waals surface area contributed by atoms with Crippen molar-refractivity contribution < 1.29 is 18.6 Å². The van der Waals surface area contributed by atoms with Crippen molar-refractivity contribution in [3.63, 3.8) is 0 Å². The van der Waals surface area contributed by atoms with Crippen LogP contribution in [0.3, 0.4) is 0 Å². The van der Waals surface area contributed by atoms with Gasteiger partial charge in [-0.25, -0.2) is 18.9 Å². The number of hydrogen-bond acceptors (Lipinski definition) is 10. The fourth-order valence-corrected chi connectivity index (χ4v) is 6.01. The quantitative estimate of drug-likeness (QED) is 0.314. The van der Waals surface area contributed by atoms with Gasteiger partial charge >= 0.3 is 0 Å². The van der Waals surface area contributed by atoms with E-state index in [-0.39, 0.29) is 12.5 Å². The van der Waals surface area contributed by atoms with E-state index < -0.39 is 11.2 Å². The normalized spacial score (nSPS) is 20.7. The van der Waals surface area contributed by atoms with Crippen LogP contribution in [0, 0.1) is 33.9 Å². The van der Waals surface area contributed by atoms with E-state index in [4.69, 9.17) is 19.2 Å². The summed E-state index contributed by atoms with van der Waals surface area (Å²) in [6, 6.07) is 12.6. The molecule has 42 heavy (non-hydrogen) atoms. The summed E-state index contributed by atoms with van der Waals surface area (Å²) in [6.07, 6.45) is 7.83. The molecule has 4 aliphatic heterocycles. The third-order valence-electron chi connectivity index (χ3n) is 8.37. The Morgan fingerprint density at radius 3 is 2.60 bits per heavy atom. The smallest absolute Gasteiger partial charge is 0.250 e. The second kappa shape index (κ2) is 10.2. The predicted molar refractivity (Wildman–Crippen MR) is 148 cm³/mol.